The van der Waals surface area contributed by atoms with Crippen LogP contribution in [0.2, 0.25) is 0 Å². The molecule has 3 aromatic rings. The van der Waals surface area contributed by atoms with Crippen molar-refractivity contribution in [2.24, 2.45) is 5.73 Å². The van der Waals surface area contributed by atoms with Crippen LogP contribution < -0.4 is 20.7 Å². The number of piperazine rings is 1. The molecule has 1 aliphatic rings. The molecule has 0 radical (unpaired) electrons. The average Bonchev–Trinajstić information content (AvgIpc) is 2.96. The van der Waals surface area contributed by atoms with E-state index < -0.39 is 5.60 Å². The number of carbonyl (C=O) groups excluding carboxylic acids is 1. The van der Waals surface area contributed by atoms with Gasteiger partial charge in [-0.25, -0.2) is 9.78 Å². The maximum absolute atomic E-state index is 12.4. The molecule has 2 aromatic carbocycles. The minimum atomic E-state index is -0.490. The van der Waals surface area contributed by atoms with Gasteiger partial charge in [0.2, 0.25) is 0 Å². The molecule has 0 saturated carbocycles. The molecule has 4 rings (SSSR count). The first-order chi connectivity index (χ1) is 19.3. The third-order valence-corrected chi connectivity index (χ3v) is 6.51. The summed E-state index contributed by atoms with van der Waals surface area (Å²) in [6.07, 6.45) is -0.249. The van der Waals surface area contributed by atoms with Crippen molar-refractivity contribution in [3.63, 3.8) is 0 Å². The number of rotatable bonds is 10. The third kappa shape index (κ3) is 8.09. The molecule has 1 fully saturated rings. The van der Waals surface area contributed by atoms with Gasteiger partial charge in [0, 0.05) is 61.8 Å². The molecule has 0 atom stereocenters. The zero-order chi connectivity index (χ0) is 28.5. The molecule has 214 valence electrons. The summed E-state index contributed by atoms with van der Waals surface area (Å²) in [5, 5.41) is 3.46. The number of hydrogen-bond acceptors (Lipinski definition) is 8. The van der Waals surface area contributed by atoms with Crippen LogP contribution in [0.15, 0.2) is 60.7 Å². The van der Waals surface area contributed by atoms with E-state index >= 15 is 0 Å². The van der Waals surface area contributed by atoms with Crippen LogP contribution in [0.1, 0.15) is 20.8 Å². The number of anilines is 2. The highest BCUT2D eigenvalue weighted by Crippen LogP contribution is 2.30. The van der Waals surface area contributed by atoms with E-state index in [4.69, 9.17) is 24.9 Å². The number of carbonyl (C=O) groups is 1. The number of benzene rings is 2. The van der Waals surface area contributed by atoms with E-state index in [1.807, 2.05) is 51.1 Å². The summed E-state index contributed by atoms with van der Waals surface area (Å²) in [5.74, 6) is 0.804. The Kier molecular flexibility index (Phi) is 9.84. The molecule has 0 spiro atoms. The van der Waals surface area contributed by atoms with Gasteiger partial charge in [0.25, 0.3) is 0 Å². The van der Waals surface area contributed by atoms with E-state index in [0.29, 0.717) is 39.4 Å². The molecule has 1 aromatic heterocycles. The van der Waals surface area contributed by atoms with E-state index in [2.05, 4.69) is 40.5 Å². The highest BCUT2D eigenvalue weighted by Gasteiger charge is 2.26. The van der Waals surface area contributed by atoms with Gasteiger partial charge in [-0.15, -0.1) is 0 Å². The summed E-state index contributed by atoms with van der Waals surface area (Å²) in [4.78, 5) is 21.5. The number of methoxy groups -OCH3 is 1. The Morgan fingerprint density at radius 3 is 2.08 bits per heavy atom. The summed E-state index contributed by atoms with van der Waals surface area (Å²) in [5.41, 5.74) is 10.9. The normalized spacial score (nSPS) is 13.7. The third-order valence-electron chi connectivity index (χ3n) is 6.51. The van der Waals surface area contributed by atoms with Gasteiger partial charge in [0.15, 0.2) is 0 Å². The van der Waals surface area contributed by atoms with Crippen LogP contribution in [-0.4, -0.2) is 81.2 Å². The summed E-state index contributed by atoms with van der Waals surface area (Å²) in [7, 11) is 1.66. The number of ether oxygens (including phenoxy) is 3. The van der Waals surface area contributed by atoms with E-state index in [9.17, 15) is 4.79 Å². The van der Waals surface area contributed by atoms with Crippen molar-refractivity contribution < 1.29 is 19.0 Å². The van der Waals surface area contributed by atoms with Gasteiger partial charge in [0.1, 0.15) is 11.4 Å². The largest absolute Gasteiger partial charge is 0.497 e. The number of nitrogens with zero attached hydrogens (tertiary/aromatic N) is 3. The van der Waals surface area contributed by atoms with Gasteiger partial charge in [-0.3, -0.25) is 0 Å². The fourth-order valence-electron chi connectivity index (χ4n) is 4.46. The quantitative estimate of drug-likeness (QED) is 0.347. The maximum atomic E-state index is 12.4. The zero-order valence-corrected chi connectivity index (χ0v) is 24.0. The SMILES string of the molecule is COc1ccc(-c2cc(NCCOCCN)cc(-c3ccc(N4CCN(C(=O)OC(C)(C)C)CC4)cc3)n2)cc1. The van der Waals surface area contributed by atoms with Gasteiger partial charge in [0.05, 0.1) is 31.7 Å². The Bertz CT molecular complexity index is 1230. The molecule has 0 unspecified atom stereocenters. The van der Waals surface area contributed by atoms with Crippen molar-refractivity contribution in [2.45, 2.75) is 26.4 Å². The fraction of sp³-hybridized carbons (Fsp3) is 0.419. The molecule has 9 heteroatoms. The Morgan fingerprint density at radius 1 is 0.925 bits per heavy atom. The zero-order valence-electron chi connectivity index (χ0n) is 24.0. The Hall–Kier alpha value is -3.82. The van der Waals surface area contributed by atoms with Crippen molar-refractivity contribution >= 4 is 17.5 Å². The van der Waals surface area contributed by atoms with E-state index in [0.717, 1.165) is 52.7 Å². The van der Waals surface area contributed by atoms with Crippen molar-refractivity contribution in [1.29, 1.82) is 0 Å². The summed E-state index contributed by atoms with van der Waals surface area (Å²) in [6.45, 7) is 10.7. The first-order valence-corrected chi connectivity index (χ1v) is 13.8. The van der Waals surface area contributed by atoms with Gasteiger partial charge in [-0.2, -0.15) is 0 Å². The monoisotopic (exact) mass is 547 g/mol. The molecule has 3 N–H and O–H groups in total. The van der Waals surface area contributed by atoms with Crippen LogP contribution in [0.3, 0.4) is 0 Å². The minimum absolute atomic E-state index is 0.249. The molecule has 9 nitrogen and oxygen atoms in total. The Balaban J connectivity index is 1.48. The second kappa shape index (κ2) is 13.5. The molecule has 1 aliphatic heterocycles. The molecule has 40 heavy (non-hydrogen) atoms. The first kappa shape index (κ1) is 29.2. The highest BCUT2D eigenvalue weighted by atomic mass is 16.6. The second-order valence-electron chi connectivity index (χ2n) is 10.7. The van der Waals surface area contributed by atoms with Crippen LogP contribution >= 0.6 is 0 Å². The second-order valence-corrected chi connectivity index (χ2v) is 10.7. The highest BCUT2D eigenvalue weighted by molar-refractivity contribution is 5.73. The number of nitrogens with one attached hydrogen (secondary N) is 1. The van der Waals surface area contributed by atoms with Crippen LogP contribution in [0, 0.1) is 0 Å². The van der Waals surface area contributed by atoms with E-state index in [-0.39, 0.29) is 6.09 Å². The predicted molar refractivity (Wildman–Crippen MR) is 160 cm³/mol. The minimum Gasteiger partial charge on any atom is -0.497 e. The molecular formula is C31H41N5O4. The number of hydrogen-bond donors (Lipinski definition) is 2. The smallest absolute Gasteiger partial charge is 0.410 e. The molecular weight excluding hydrogens is 506 g/mol. The average molecular weight is 548 g/mol. The summed E-state index contributed by atoms with van der Waals surface area (Å²) < 4.78 is 16.4. The van der Waals surface area contributed by atoms with Crippen LogP contribution in [-0.2, 0) is 9.47 Å². The van der Waals surface area contributed by atoms with Crippen LogP contribution in [0.5, 0.6) is 5.75 Å². The van der Waals surface area contributed by atoms with Crippen molar-refractivity contribution in [2.75, 3.05) is 69.8 Å². The lowest BCUT2D eigenvalue weighted by molar-refractivity contribution is 0.0240. The topological polar surface area (TPSA) is 102 Å². The fourth-order valence-corrected chi connectivity index (χ4v) is 4.46. The first-order valence-electron chi connectivity index (χ1n) is 13.8. The van der Waals surface area contributed by atoms with Crippen LogP contribution in [0.25, 0.3) is 22.5 Å². The summed E-state index contributed by atoms with van der Waals surface area (Å²) >= 11 is 0. The Labute approximate surface area is 237 Å². The lowest BCUT2D eigenvalue weighted by Crippen LogP contribution is -2.50. The van der Waals surface area contributed by atoms with E-state index in [1.54, 1.807) is 12.0 Å². The molecule has 0 aliphatic carbocycles. The molecule has 2 heterocycles. The van der Waals surface area contributed by atoms with Crippen molar-refractivity contribution in [3.8, 4) is 28.3 Å². The molecule has 1 amide bonds. The summed E-state index contributed by atoms with van der Waals surface area (Å²) in [6, 6.07) is 20.5. The van der Waals surface area contributed by atoms with Crippen LogP contribution in [0.4, 0.5) is 16.2 Å². The van der Waals surface area contributed by atoms with E-state index in [1.165, 1.54) is 0 Å². The van der Waals surface area contributed by atoms with Gasteiger partial charge in [-0.1, -0.05) is 12.1 Å². The maximum Gasteiger partial charge on any atom is 0.410 e. The molecule has 0 bridgehead atoms. The Morgan fingerprint density at radius 2 is 1.52 bits per heavy atom. The molecule has 1 saturated heterocycles. The number of nitrogens with two attached hydrogens (primary N) is 1. The van der Waals surface area contributed by atoms with Crippen molar-refractivity contribution in [3.05, 3.63) is 60.7 Å². The van der Waals surface area contributed by atoms with Crippen molar-refractivity contribution in [1.82, 2.24) is 9.88 Å². The lowest BCUT2D eigenvalue weighted by Gasteiger charge is -2.36. The number of pyridine rings is 1. The van der Waals surface area contributed by atoms with Gasteiger partial charge >= 0.3 is 6.09 Å². The predicted octanol–water partition coefficient (Wildman–Crippen LogP) is 4.87. The lowest BCUT2D eigenvalue weighted by atomic mass is 10.1. The standard InChI is InChI=1S/C31H41N5O4/c1-31(2,3)40-30(37)36-17-15-35(16-18-36)26-9-5-23(6-10-26)28-21-25(33-14-20-39-19-13-32)22-29(34-28)24-7-11-27(38-4)12-8-24/h5-12,21-22H,13-20,32H2,1-4H3,(H,33,34). The van der Waals surface area contributed by atoms with Gasteiger partial charge < -0.3 is 35.1 Å². The number of amides is 1. The van der Waals surface area contributed by atoms with Gasteiger partial charge in [-0.05, 0) is 69.3 Å². The number of aromatic nitrogens is 1.